The zero-order valence-corrected chi connectivity index (χ0v) is 22.9. The third-order valence-corrected chi connectivity index (χ3v) is 7.65. The Kier molecular flexibility index (Phi) is 16.5. The number of carbonyl (C=O) groups excluding carboxylic acids is 5. The quantitative estimate of drug-likeness (QED) is 0.117. The van der Waals surface area contributed by atoms with Crippen molar-refractivity contribution in [2.24, 2.45) is 17.4 Å². The molecule has 0 saturated carbocycles. The molecule has 3 amide bonds. The van der Waals surface area contributed by atoms with Crippen LogP contribution in [0.4, 0.5) is 0 Å². The number of hydrogen-bond acceptors (Lipinski definition) is 8. The lowest BCUT2D eigenvalue weighted by atomic mass is 9.96. The number of nitrogens with two attached hydrogens (primary N) is 2. The third kappa shape index (κ3) is 12.5. The molecule has 206 valence electrons. The second-order valence-electron chi connectivity index (χ2n) is 9.83. The normalized spacial score (nSPS) is 16.6. The van der Waals surface area contributed by atoms with Crippen molar-refractivity contribution in [1.82, 2.24) is 10.2 Å². The standard InChI is InChI=1S/C26H46N4O5S/c1-19(2)24(28)25(34)20(31)12-6-3-10-16-30-23(33)18-21(26(30)35)36-17-11-4-7-13-22(32)29-15-9-5-8-14-27/h19,21,24H,3-18,27-28H2,1-2H3,(H,29,32)/t21?,24-/m0/s1. The van der Waals surface area contributed by atoms with Gasteiger partial charge in [0.25, 0.3) is 0 Å². The summed E-state index contributed by atoms with van der Waals surface area (Å²) in [5, 5.41) is 2.60. The van der Waals surface area contributed by atoms with Gasteiger partial charge in [-0.3, -0.25) is 28.9 Å². The maximum Gasteiger partial charge on any atom is 0.242 e. The number of Topliss-reactive ketones (excluding diaryl/α,β-unsaturated/α-hetero) is 2. The first kappa shape index (κ1) is 32.2. The van der Waals surface area contributed by atoms with Crippen LogP contribution in [0.5, 0.6) is 0 Å². The highest BCUT2D eigenvalue weighted by molar-refractivity contribution is 8.00. The molecule has 36 heavy (non-hydrogen) atoms. The topological polar surface area (TPSA) is 153 Å². The van der Waals surface area contributed by atoms with Crippen molar-refractivity contribution in [2.75, 3.05) is 25.4 Å². The first-order valence-electron chi connectivity index (χ1n) is 13.4. The summed E-state index contributed by atoms with van der Waals surface area (Å²) in [6, 6.07) is -0.757. The van der Waals surface area contributed by atoms with Crippen LogP contribution in [0.1, 0.15) is 90.9 Å². The summed E-state index contributed by atoms with van der Waals surface area (Å²) in [6.45, 7) is 5.35. The molecule has 1 fully saturated rings. The Bertz CT molecular complexity index is 731. The lowest BCUT2D eigenvalue weighted by Crippen LogP contribution is -2.40. The number of amides is 3. The van der Waals surface area contributed by atoms with E-state index >= 15 is 0 Å². The van der Waals surface area contributed by atoms with Gasteiger partial charge in [0.05, 0.1) is 11.3 Å². The van der Waals surface area contributed by atoms with E-state index in [1.807, 2.05) is 0 Å². The van der Waals surface area contributed by atoms with E-state index in [-0.39, 0.29) is 41.7 Å². The summed E-state index contributed by atoms with van der Waals surface area (Å²) >= 11 is 1.52. The molecule has 0 bridgehead atoms. The molecule has 1 saturated heterocycles. The monoisotopic (exact) mass is 526 g/mol. The zero-order chi connectivity index (χ0) is 26.9. The van der Waals surface area contributed by atoms with Crippen LogP contribution in [0.15, 0.2) is 0 Å². The number of ketones is 2. The molecule has 1 aliphatic rings. The first-order valence-corrected chi connectivity index (χ1v) is 14.5. The third-order valence-electron chi connectivity index (χ3n) is 6.35. The molecule has 0 aliphatic carbocycles. The van der Waals surface area contributed by atoms with E-state index in [9.17, 15) is 24.0 Å². The molecule has 1 rings (SSSR count). The summed E-state index contributed by atoms with van der Waals surface area (Å²) in [7, 11) is 0. The molecule has 1 heterocycles. The minimum Gasteiger partial charge on any atom is -0.356 e. The summed E-state index contributed by atoms with van der Waals surface area (Å²) in [5.74, 6) is -0.451. The van der Waals surface area contributed by atoms with Crippen LogP contribution in [0.3, 0.4) is 0 Å². The molecule has 1 unspecified atom stereocenters. The van der Waals surface area contributed by atoms with Crippen LogP contribution >= 0.6 is 11.8 Å². The Balaban J connectivity index is 2.14. The van der Waals surface area contributed by atoms with Crippen molar-refractivity contribution >= 4 is 41.0 Å². The van der Waals surface area contributed by atoms with Crippen molar-refractivity contribution in [3.8, 4) is 0 Å². The van der Waals surface area contributed by atoms with Gasteiger partial charge < -0.3 is 16.8 Å². The molecule has 0 aromatic carbocycles. The fourth-order valence-corrected chi connectivity index (χ4v) is 5.10. The van der Waals surface area contributed by atoms with E-state index in [1.54, 1.807) is 13.8 Å². The van der Waals surface area contributed by atoms with E-state index in [2.05, 4.69) is 5.32 Å². The van der Waals surface area contributed by atoms with Gasteiger partial charge in [-0.1, -0.05) is 33.1 Å². The highest BCUT2D eigenvalue weighted by atomic mass is 32.2. The maximum atomic E-state index is 12.6. The largest absolute Gasteiger partial charge is 0.356 e. The van der Waals surface area contributed by atoms with Gasteiger partial charge in [0.15, 0.2) is 5.78 Å². The predicted molar refractivity (Wildman–Crippen MR) is 143 cm³/mol. The van der Waals surface area contributed by atoms with Crippen LogP contribution in [0, 0.1) is 5.92 Å². The van der Waals surface area contributed by atoms with Crippen LogP contribution < -0.4 is 16.8 Å². The molecule has 0 radical (unpaired) electrons. The molecule has 5 N–H and O–H groups in total. The van der Waals surface area contributed by atoms with Gasteiger partial charge in [-0.2, -0.15) is 0 Å². The molecular formula is C26H46N4O5S. The number of hydrogen-bond donors (Lipinski definition) is 3. The molecule has 0 aromatic heterocycles. The van der Waals surface area contributed by atoms with Crippen LogP contribution in [0.2, 0.25) is 0 Å². The highest BCUT2D eigenvalue weighted by Gasteiger charge is 2.38. The zero-order valence-electron chi connectivity index (χ0n) is 22.1. The van der Waals surface area contributed by atoms with E-state index < -0.39 is 17.6 Å². The second-order valence-corrected chi connectivity index (χ2v) is 11.1. The van der Waals surface area contributed by atoms with Crippen molar-refractivity contribution in [3.05, 3.63) is 0 Å². The summed E-state index contributed by atoms with van der Waals surface area (Å²) < 4.78 is 0. The number of rotatable bonds is 21. The first-order chi connectivity index (χ1) is 17.2. The lowest BCUT2D eigenvalue weighted by Gasteiger charge is -2.15. The number of thioether (sulfide) groups is 1. The smallest absolute Gasteiger partial charge is 0.242 e. The molecule has 2 atom stereocenters. The van der Waals surface area contributed by atoms with Gasteiger partial charge in [0, 0.05) is 32.4 Å². The van der Waals surface area contributed by atoms with Crippen molar-refractivity contribution in [3.63, 3.8) is 0 Å². The van der Waals surface area contributed by atoms with Crippen LogP contribution in [0.25, 0.3) is 0 Å². The molecule has 0 spiro atoms. The SMILES string of the molecule is CC(C)[C@H](N)C(=O)C(=O)CCCCCN1C(=O)CC(SCCCCCC(=O)NCCCCCN)C1=O. The Labute approximate surface area is 220 Å². The number of unbranched alkanes of at least 4 members (excludes halogenated alkanes) is 6. The Morgan fingerprint density at radius 2 is 1.64 bits per heavy atom. The van der Waals surface area contributed by atoms with Gasteiger partial charge in [0.2, 0.25) is 23.5 Å². The second kappa shape index (κ2) is 18.5. The van der Waals surface area contributed by atoms with Gasteiger partial charge >= 0.3 is 0 Å². The van der Waals surface area contributed by atoms with Crippen LogP contribution in [-0.4, -0.2) is 70.9 Å². The number of imide groups is 1. The summed E-state index contributed by atoms with van der Waals surface area (Å²) in [4.78, 5) is 61.9. The molecule has 1 aliphatic heterocycles. The lowest BCUT2D eigenvalue weighted by molar-refractivity contribution is -0.138. The minimum atomic E-state index is -0.757. The highest BCUT2D eigenvalue weighted by Crippen LogP contribution is 2.26. The molecule has 9 nitrogen and oxygen atoms in total. The Morgan fingerprint density at radius 3 is 2.33 bits per heavy atom. The number of likely N-dealkylation sites (tertiary alicyclic amines) is 1. The fourth-order valence-electron chi connectivity index (χ4n) is 3.91. The maximum absolute atomic E-state index is 12.6. The average molecular weight is 527 g/mol. The van der Waals surface area contributed by atoms with Gasteiger partial charge in [-0.25, -0.2) is 0 Å². The van der Waals surface area contributed by atoms with E-state index in [4.69, 9.17) is 11.5 Å². The summed E-state index contributed by atoms with van der Waals surface area (Å²) in [6.07, 6.45) is 8.31. The van der Waals surface area contributed by atoms with Gasteiger partial charge in [-0.15, -0.1) is 11.8 Å². The Hall–Kier alpha value is -1.78. The number of carbonyl (C=O) groups is 5. The van der Waals surface area contributed by atoms with E-state index in [0.29, 0.717) is 45.3 Å². The average Bonchev–Trinajstić information content (AvgIpc) is 3.11. The number of nitrogens with one attached hydrogen (secondary N) is 1. The Morgan fingerprint density at radius 1 is 0.972 bits per heavy atom. The van der Waals surface area contributed by atoms with E-state index in [0.717, 1.165) is 44.3 Å². The van der Waals surface area contributed by atoms with Gasteiger partial charge in [-0.05, 0) is 56.7 Å². The summed E-state index contributed by atoms with van der Waals surface area (Å²) in [5.41, 5.74) is 11.2. The fraction of sp³-hybridized carbons (Fsp3) is 0.808. The van der Waals surface area contributed by atoms with E-state index in [1.165, 1.54) is 16.7 Å². The predicted octanol–water partition coefficient (Wildman–Crippen LogP) is 2.33. The van der Waals surface area contributed by atoms with Crippen molar-refractivity contribution in [1.29, 1.82) is 0 Å². The van der Waals surface area contributed by atoms with Gasteiger partial charge in [0.1, 0.15) is 0 Å². The minimum absolute atomic E-state index is 0.0762. The number of nitrogens with zero attached hydrogens (tertiary/aromatic N) is 1. The molecule has 10 heteroatoms. The molecular weight excluding hydrogens is 480 g/mol. The van der Waals surface area contributed by atoms with Crippen LogP contribution in [-0.2, 0) is 24.0 Å². The van der Waals surface area contributed by atoms with Crippen molar-refractivity contribution < 1.29 is 24.0 Å². The molecule has 0 aromatic rings. The van der Waals surface area contributed by atoms with Crippen molar-refractivity contribution in [2.45, 2.75) is 102 Å².